The average molecular weight is 306 g/mol. The zero-order valence-corrected chi connectivity index (χ0v) is 11.1. The van der Waals surface area contributed by atoms with E-state index in [2.05, 4.69) is 21.2 Å². The van der Waals surface area contributed by atoms with Crippen molar-refractivity contribution in [3.63, 3.8) is 0 Å². The van der Waals surface area contributed by atoms with Crippen LogP contribution in [-0.2, 0) is 11.3 Å². The van der Waals surface area contributed by atoms with Crippen LogP contribution < -0.4 is 11.1 Å². The van der Waals surface area contributed by atoms with E-state index in [0.717, 1.165) is 28.0 Å². The molecule has 0 fully saturated rings. The Kier molecular flexibility index (Phi) is 5.80. The maximum atomic E-state index is 10.5. The Balaban J connectivity index is 2.31. The van der Waals surface area contributed by atoms with Gasteiger partial charge in [0.05, 0.1) is 0 Å². The maximum Gasteiger partial charge on any atom is 0.217 e. The van der Waals surface area contributed by atoms with Crippen LogP contribution in [0, 0.1) is 0 Å². The molecule has 0 aliphatic rings. The van der Waals surface area contributed by atoms with Gasteiger partial charge in [0.25, 0.3) is 0 Å². The summed E-state index contributed by atoms with van der Waals surface area (Å²) in [4.78, 5) is 10.5. The third-order valence-electron chi connectivity index (χ3n) is 2.10. The summed E-state index contributed by atoms with van der Waals surface area (Å²) >= 11 is 9.41. The molecule has 3 N–H and O–H groups in total. The summed E-state index contributed by atoms with van der Waals surface area (Å²) in [6, 6.07) is 5.73. The molecule has 0 aromatic heterocycles. The number of halogens is 2. The largest absolute Gasteiger partial charge is 0.370 e. The fourth-order valence-electron chi connectivity index (χ4n) is 1.29. The molecule has 0 saturated heterocycles. The number of carbonyl (C=O) groups is 1. The minimum Gasteiger partial charge on any atom is -0.370 e. The van der Waals surface area contributed by atoms with Crippen LogP contribution >= 0.6 is 27.5 Å². The van der Waals surface area contributed by atoms with Gasteiger partial charge >= 0.3 is 0 Å². The van der Waals surface area contributed by atoms with Gasteiger partial charge in [0, 0.05) is 22.5 Å². The minimum absolute atomic E-state index is 0.262. The molecule has 1 rings (SSSR count). The van der Waals surface area contributed by atoms with Crippen molar-refractivity contribution in [1.82, 2.24) is 5.32 Å². The molecule has 1 aromatic carbocycles. The molecule has 0 saturated carbocycles. The highest BCUT2D eigenvalue weighted by atomic mass is 79.9. The number of hydrogen-bond acceptors (Lipinski definition) is 2. The van der Waals surface area contributed by atoms with Crippen molar-refractivity contribution in [2.45, 2.75) is 19.4 Å². The molecule has 0 aliphatic heterocycles. The number of primary amides is 1. The lowest BCUT2D eigenvalue weighted by atomic mass is 10.2. The van der Waals surface area contributed by atoms with Gasteiger partial charge < -0.3 is 11.1 Å². The quantitative estimate of drug-likeness (QED) is 0.793. The topological polar surface area (TPSA) is 55.1 Å². The maximum absolute atomic E-state index is 10.5. The van der Waals surface area contributed by atoms with Gasteiger partial charge in [-0.1, -0.05) is 27.5 Å². The fourth-order valence-corrected chi connectivity index (χ4v) is 1.88. The number of nitrogens with one attached hydrogen (secondary N) is 1. The van der Waals surface area contributed by atoms with E-state index in [0.29, 0.717) is 13.0 Å². The monoisotopic (exact) mass is 304 g/mol. The standard InChI is InChI=1S/C11H14BrClN2O/c12-9-3-4-10(13)8(6-9)7-15-5-1-2-11(14)16/h3-4,6,15H,1-2,5,7H2,(H2,14,16). The molecule has 0 unspecified atom stereocenters. The third-order valence-corrected chi connectivity index (χ3v) is 2.96. The summed E-state index contributed by atoms with van der Waals surface area (Å²) in [6.45, 7) is 1.45. The molecule has 0 radical (unpaired) electrons. The van der Waals surface area contributed by atoms with Crippen LogP contribution in [0.25, 0.3) is 0 Å². The minimum atomic E-state index is -0.262. The van der Waals surface area contributed by atoms with Crippen LogP contribution in [0.4, 0.5) is 0 Å². The SMILES string of the molecule is NC(=O)CCCNCc1cc(Br)ccc1Cl. The molecular weight excluding hydrogens is 291 g/mol. The molecule has 1 amide bonds. The Morgan fingerprint density at radius 2 is 2.25 bits per heavy atom. The average Bonchev–Trinajstić information content (AvgIpc) is 2.22. The van der Waals surface area contributed by atoms with E-state index in [1.807, 2.05) is 18.2 Å². The van der Waals surface area contributed by atoms with Crippen LogP contribution in [-0.4, -0.2) is 12.5 Å². The van der Waals surface area contributed by atoms with E-state index >= 15 is 0 Å². The molecule has 3 nitrogen and oxygen atoms in total. The fraction of sp³-hybridized carbons (Fsp3) is 0.364. The highest BCUT2D eigenvalue weighted by molar-refractivity contribution is 9.10. The van der Waals surface area contributed by atoms with Gasteiger partial charge in [0.2, 0.25) is 5.91 Å². The Labute approximate surface area is 108 Å². The van der Waals surface area contributed by atoms with E-state index in [-0.39, 0.29) is 5.91 Å². The van der Waals surface area contributed by atoms with Gasteiger partial charge in [-0.3, -0.25) is 4.79 Å². The molecule has 1 aromatic rings. The molecule has 0 bridgehead atoms. The number of nitrogens with two attached hydrogens (primary N) is 1. The smallest absolute Gasteiger partial charge is 0.217 e. The number of hydrogen-bond donors (Lipinski definition) is 2. The van der Waals surface area contributed by atoms with Crippen LogP contribution in [0.1, 0.15) is 18.4 Å². The summed E-state index contributed by atoms with van der Waals surface area (Å²) in [5.41, 5.74) is 6.07. The predicted octanol–water partition coefficient (Wildman–Crippen LogP) is 2.46. The lowest BCUT2D eigenvalue weighted by Gasteiger charge is -2.06. The number of carbonyl (C=O) groups excluding carboxylic acids is 1. The predicted molar refractivity (Wildman–Crippen MR) is 69.3 cm³/mol. The number of amides is 1. The second-order valence-corrected chi connectivity index (χ2v) is 4.81. The summed E-state index contributed by atoms with van der Waals surface area (Å²) in [7, 11) is 0. The van der Waals surface area contributed by atoms with Gasteiger partial charge in [-0.25, -0.2) is 0 Å². The van der Waals surface area contributed by atoms with Crippen LogP contribution in [0.2, 0.25) is 5.02 Å². The Morgan fingerprint density at radius 3 is 2.94 bits per heavy atom. The highest BCUT2D eigenvalue weighted by Gasteiger charge is 2.00. The van der Waals surface area contributed by atoms with Gasteiger partial charge in [-0.2, -0.15) is 0 Å². The van der Waals surface area contributed by atoms with Crippen LogP contribution in [0.3, 0.4) is 0 Å². The van der Waals surface area contributed by atoms with E-state index in [1.165, 1.54) is 0 Å². The molecule has 5 heteroatoms. The first kappa shape index (κ1) is 13.5. The molecule has 16 heavy (non-hydrogen) atoms. The second kappa shape index (κ2) is 6.89. The number of rotatable bonds is 6. The Hall–Kier alpha value is -0.580. The van der Waals surface area contributed by atoms with E-state index in [4.69, 9.17) is 17.3 Å². The summed E-state index contributed by atoms with van der Waals surface area (Å²) in [5, 5.41) is 3.95. The molecule has 0 atom stereocenters. The normalized spacial score (nSPS) is 10.4. The first-order valence-electron chi connectivity index (χ1n) is 5.02. The molecular formula is C11H14BrClN2O. The first-order valence-corrected chi connectivity index (χ1v) is 6.19. The summed E-state index contributed by atoms with van der Waals surface area (Å²) in [5.74, 6) is -0.262. The van der Waals surface area contributed by atoms with Crippen molar-refractivity contribution in [3.05, 3.63) is 33.3 Å². The third kappa shape index (κ3) is 4.96. The van der Waals surface area contributed by atoms with Gasteiger partial charge in [-0.05, 0) is 36.7 Å². The molecule has 0 spiro atoms. The van der Waals surface area contributed by atoms with E-state index in [1.54, 1.807) is 0 Å². The van der Waals surface area contributed by atoms with E-state index in [9.17, 15) is 4.79 Å². The molecule has 88 valence electrons. The zero-order chi connectivity index (χ0) is 12.0. The van der Waals surface area contributed by atoms with Crippen molar-refractivity contribution < 1.29 is 4.79 Å². The van der Waals surface area contributed by atoms with Crippen molar-refractivity contribution in [2.75, 3.05) is 6.54 Å². The van der Waals surface area contributed by atoms with Crippen molar-refractivity contribution in [1.29, 1.82) is 0 Å². The summed E-state index contributed by atoms with van der Waals surface area (Å²) in [6.07, 6.45) is 1.17. The van der Waals surface area contributed by atoms with Gasteiger partial charge in [0.1, 0.15) is 0 Å². The van der Waals surface area contributed by atoms with Crippen LogP contribution in [0.15, 0.2) is 22.7 Å². The van der Waals surface area contributed by atoms with Crippen molar-refractivity contribution in [2.24, 2.45) is 5.73 Å². The zero-order valence-electron chi connectivity index (χ0n) is 8.80. The second-order valence-electron chi connectivity index (χ2n) is 3.48. The first-order chi connectivity index (χ1) is 7.59. The Bertz CT molecular complexity index is 371. The van der Waals surface area contributed by atoms with Gasteiger partial charge in [0.15, 0.2) is 0 Å². The molecule has 0 heterocycles. The Morgan fingerprint density at radius 1 is 1.50 bits per heavy atom. The van der Waals surface area contributed by atoms with E-state index < -0.39 is 0 Å². The lowest BCUT2D eigenvalue weighted by molar-refractivity contribution is -0.118. The number of benzene rings is 1. The lowest BCUT2D eigenvalue weighted by Crippen LogP contribution is -2.18. The summed E-state index contributed by atoms with van der Waals surface area (Å²) < 4.78 is 1.01. The van der Waals surface area contributed by atoms with Crippen molar-refractivity contribution in [3.8, 4) is 0 Å². The van der Waals surface area contributed by atoms with Gasteiger partial charge in [-0.15, -0.1) is 0 Å². The highest BCUT2D eigenvalue weighted by Crippen LogP contribution is 2.20. The van der Waals surface area contributed by atoms with Crippen molar-refractivity contribution >= 4 is 33.4 Å². The van der Waals surface area contributed by atoms with Crippen LogP contribution in [0.5, 0.6) is 0 Å². The molecule has 0 aliphatic carbocycles.